The number of nitrogens with zero attached hydrogens (tertiary/aromatic N) is 1. The van der Waals surface area contributed by atoms with E-state index in [1.54, 1.807) is 23.1 Å². The van der Waals surface area contributed by atoms with Crippen LogP contribution in [-0.4, -0.2) is 12.5 Å². The van der Waals surface area contributed by atoms with Gasteiger partial charge in [-0.15, -0.1) is 0 Å². The van der Waals surface area contributed by atoms with Gasteiger partial charge in [0.2, 0.25) is 0 Å². The lowest BCUT2D eigenvalue weighted by Crippen LogP contribution is -2.28. The quantitative estimate of drug-likeness (QED) is 0.804. The number of halogens is 2. The number of hydrogen-bond acceptors (Lipinski definition) is 2. The fourth-order valence-electron chi connectivity index (χ4n) is 2.57. The smallest absolute Gasteiger partial charge is 0.258 e. The second-order valence-electron chi connectivity index (χ2n) is 5.17. The summed E-state index contributed by atoms with van der Waals surface area (Å²) >= 11 is 11.9. The van der Waals surface area contributed by atoms with E-state index in [0.29, 0.717) is 27.8 Å². The zero-order chi connectivity index (χ0) is 15.1. The van der Waals surface area contributed by atoms with Crippen LogP contribution in [0.5, 0.6) is 0 Å². The lowest BCUT2D eigenvalue weighted by Gasteiger charge is -2.18. The van der Waals surface area contributed by atoms with Gasteiger partial charge < -0.3 is 10.6 Å². The van der Waals surface area contributed by atoms with Crippen LogP contribution in [0.2, 0.25) is 10.0 Å². The van der Waals surface area contributed by atoms with E-state index in [1.165, 1.54) is 0 Å². The van der Waals surface area contributed by atoms with Gasteiger partial charge in [0.15, 0.2) is 0 Å². The number of fused-ring (bicyclic) bond motifs is 1. The van der Waals surface area contributed by atoms with Crippen molar-refractivity contribution in [3.8, 4) is 0 Å². The Labute approximate surface area is 133 Å². The monoisotopic (exact) mass is 320 g/mol. The Balaban J connectivity index is 1.98. The lowest BCUT2D eigenvalue weighted by molar-refractivity contribution is 0.0989. The summed E-state index contributed by atoms with van der Waals surface area (Å²) in [4.78, 5) is 14.4. The number of benzene rings is 2. The van der Waals surface area contributed by atoms with Crippen LogP contribution in [0.1, 0.15) is 21.5 Å². The van der Waals surface area contributed by atoms with Crippen molar-refractivity contribution in [2.24, 2.45) is 0 Å². The van der Waals surface area contributed by atoms with E-state index >= 15 is 0 Å². The maximum Gasteiger partial charge on any atom is 0.258 e. The van der Waals surface area contributed by atoms with E-state index in [9.17, 15) is 4.79 Å². The predicted molar refractivity (Wildman–Crippen MR) is 87.4 cm³/mol. The highest BCUT2D eigenvalue weighted by molar-refractivity contribution is 6.42. The Hall–Kier alpha value is -1.71. The van der Waals surface area contributed by atoms with E-state index < -0.39 is 0 Å². The van der Waals surface area contributed by atoms with Crippen molar-refractivity contribution in [3.63, 3.8) is 0 Å². The molecular weight excluding hydrogens is 307 g/mol. The number of hydrogen-bond donors (Lipinski definition) is 1. The summed E-state index contributed by atoms with van der Waals surface area (Å²) in [5, 5.41) is 0.820. The standard InChI is InChI=1S/C16H14Cl2N2O/c1-9-6-10-4-5-20(15(10)8-14(9)19)16(21)11-2-3-12(17)13(18)7-11/h2-3,6-8H,4-5,19H2,1H3. The van der Waals surface area contributed by atoms with Crippen LogP contribution >= 0.6 is 23.2 Å². The Kier molecular flexibility index (Phi) is 3.56. The molecule has 1 amide bonds. The molecule has 0 unspecified atom stereocenters. The third-order valence-corrected chi connectivity index (χ3v) is 4.51. The normalized spacial score (nSPS) is 13.4. The molecule has 108 valence electrons. The van der Waals surface area contributed by atoms with Crippen molar-refractivity contribution in [1.82, 2.24) is 0 Å². The van der Waals surface area contributed by atoms with Gasteiger partial charge in [0.05, 0.1) is 10.0 Å². The maximum atomic E-state index is 12.7. The number of carbonyl (C=O) groups excluding carboxylic acids is 1. The molecule has 1 heterocycles. The van der Waals surface area contributed by atoms with Gasteiger partial charge in [-0.25, -0.2) is 0 Å². The van der Waals surface area contributed by atoms with Crippen molar-refractivity contribution in [2.45, 2.75) is 13.3 Å². The number of nitrogen functional groups attached to an aromatic ring is 1. The average Bonchev–Trinajstić information content (AvgIpc) is 2.84. The summed E-state index contributed by atoms with van der Waals surface area (Å²) in [6.45, 7) is 2.62. The molecule has 2 N–H and O–H groups in total. The molecule has 0 atom stereocenters. The molecule has 1 aliphatic heterocycles. The SMILES string of the molecule is Cc1cc2c(cc1N)N(C(=O)c1ccc(Cl)c(Cl)c1)CC2. The molecule has 0 aliphatic carbocycles. The molecule has 3 nitrogen and oxygen atoms in total. The summed E-state index contributed by atoms with van der Waals surface area (Å²) < 4.78 is 0. The number of anilines is 2. The van der Waals surface area contributed by atoms with Crippen LogP contribution in [-0.2, 0) is 6.42 Å². The second kappa shape index (κ2) is 5.24. The van der Waals surface area contributed by atoms with Crippen LogP contribution < -0.4 is 10.6 Å². The summed E-state index contributed by atoms with van der Waals surface area (Å²) in [7, 11) is 0. The van der Waals surface area contributed by atoms with E-state index in [4.69, 9.17) is 28.9 Å². The molecule has 2 aromatic rings. The molecule has 0 saturated carbocycles. The molecule has 1 aliphatic rings. The van der Waals surface area contributed by atoms with E-state index in [-0.39, 0.29) is 5.91 Å². The zero-order valence-corrected chi connectivity index (χ0v) is 13.0. The molecule has 0 radical (unpaired) electrons. The minimum atomic E-state index is -0.0874. The van der Waals surface area contributed by atoms with Crippen LogP contribution in [0.4, 0.5) is 11.4 Å². The highest BCUT2D eigenvalue weighted by Gasteiger charge is 2.26. The van der Waals surface area contributed by atoms with Gasteiger partial charge >= 0.3 is 0 Å². The molecule has 0 bridgehead atoms. The summed E-state index contributed by atoms with van der Waals surface area (Å²) in [6, 6.07) is 8.84. The molecular formula is C16H14Cl2N2O. The fourth-order valence-corrected chi connectivity index (χ4v) is 2.87. The number of nitrogens with two attached hydrogens (primary N) is 1. The predicted octanol–water partition coefficient (Wildman–Crippen LogP) is 4.09. The van der Waals surface area contributed by atoms with E-state index in [0.717, 1.165) is 23.2 Å². The molecule has 21 heavy (non-hydrogen) atoms. The van der Waals surface area contributed by atoms with Crippen LogP contribution in [0, 0.1) is 6.92 Å². The minimum absolute atomic E-state index is 0.0874. The first-order valence-corrected chi connectivity index (χ1v) is 7.39. The highest BCUT2D eigenvalue weighted by Crippen LogP contribution is 2.33. The molecule has 0 fully saturated rings. The van der Waals surface area contributed by atoms with Crippen LogP contribution in [0.25, 0.3) is 0 Å². The van der Waals surface area contributed by atoms with Gasteiger partial charge in [-0.05, 0) is 48.7 Å². The zero-order valence-electron chi connectivity index (χ0n) is 11.5. The van der Waals surface area contributed by atoms with Crippen molar-refractivity contribution in [2.75, 3.05) is 17.2 Å². The largest absolute Gasteiger partial charge is 0.398 e. The Morgan fingerprint density at radius 3 is 2.67 bits per heavy atom. The van der Waals surface area contributed by atoms with Crippen molar-refractivity contribution < 1.29 is 4.79 Å². The number of carbonyl (C=O) groups is 1. The molecule has 0 aromatic heterocycles. The van der Waals surface area contributed by atoms with Gasteiger partial charge in [0.25, 0.3) is 5.91 Å². The first-order chi connectivity index (χ1) is 9.97. The van der Waals surface area contributed by atoms with E-state index in [1.807, 2.05) is 19.1 Å². The van der Waals surface area contributed by atoms with Crippen molar-refractivity contribution >= 4 is 40.5 Å². The second-order valence-corrected chi connectivity index (χ2v) is 5.99. The number of rotatable bonds is 1. The fraction of sp³-hybridized carbons (Fsp3) is 0.188. The van der Waals surface area contributed by atoms with E-state index in [2.05, 4.69) is 0 Å². The Bertz CT molecular complexity index is 743. The van der Waals surface area contributed by atoms with Crippen molar-refractivity contribution in [3.05, 3.63) is 57.1 Å². The van der Waals surface area contributed by atoms with Crippen molar-refractivity contribution in [1.29, 1.82) is 0 Å². The topological polar surface area (TPSA) is 46.3 Å². The first-order valence-electron chi connectivity index (χ1n) is 6.63. The number of amides is 1. The minimum Gasteiger partial charge on any atom is -0.398 e. The first kappa shape index (κ1) is 14.2. The number of aryl methyl sites for hydroxylation is 1. The summed E-state index contributed by atoms with van der Waals surface area (Å²) in [6.07, 6.45) is 0.837. The Morgan fingerprint density at radius 1 is 1.19 bits per heavy atom. The van der Waals surface area contributed by atoms with Crippen LogP contribution in [0.3, 0.4) is 0 Å². The van der Waals surface area contributed by atoms with Gasteiger partial charge in [-0.2, -0.15) is 0 Å². The van der Waals surface area contributed by atoms with Gasteiger partial charge in [-0.3, -0.25) is 4.79 Å². The van der Waals surface area contributed by atoms with Gasteiger partial charge in [0, 0.05) is 23.5 Å². The van der Waals surface area contributed by atoms with Gasteiger partial charge in [-0.1, -0.05) is 29.3 Å². The molecule has 3 rings (SSSR count). The summed E-state index contributed by atoms with van der Waals surface area (Å²) in [5.41, 5.74) is 10.3. The van der Waals surface area contributed by atoms with Gasteiger partial charge in [0.1, 0.15) is 0 Å². The third kappa shape index (κ3) is 2.47. The lowest BCUT2D eigenvalue weighted by atomic mass is 10.1. The average molecular weight is 321 g/mol. The molecule has 2 aromatic carbocycles. The highest BCUT2D eigenvalue weighted by atomic mass is 35.5. The third-order valence-electron chi connectivity index (χ3n) is 3.77. The van der Waals surface area contributed by atoms with Crippen LogP contribution in [0.15, 0.2) is 30.3 Å². The molecule has 0 saturated heterocycles. The maximum absolute atomic E-state index is 12.7. The molecule has 0 spiro atoms. The molecule has 5 heteroatoms. The summed E-state index contributed by atoms with van der Waals surface area (Å²) in [5.74, 6) is -0.0874. The Morgan fingerprint density at radius 2 is 1.95 bits per heavy atom.